The fourth-order valence-electron chi connectivity index (χ4n) is 4.21. The number of piperazine rings is 1. The first kappa shape index (κ1) is 21.9. The van der Waals surface area contributed by atoms with E-state index in [1.807, 2.05) is 23.1 Å². The van der Waals surface area contributed by atoms with Gasteiger partial charge in [-0.3, -0.25) is 9.69 Å². The standard InChI is InChI=1S/C23H37N3O3/c1-4-15-28-21-9-8-19(17-22(21)29-16-5-2)23(27)26-13-11-25(12-14-26)20-7-6-10-24(3)18-20/h8-9,17,20H,4-7,10-16,18H2,1-3H3. The van der Waals surface area contributed by atoms with E-state index in [0.717, 1.165) is 51.3 Å². The molecule has 29 heavy (non-hydrogen) atoms. The predicted octanol–water partition coefficient (Wildman–Crippen LogP) is 3.12. The van der Waals surface area contributed by atoms with Crippen LogP contribution < -0.4 is 9.47 Å². The molecule has 6 heteroatoms. The van der Waals surface area contributed by atoms with Crippen LogP contribution in [0.4, 0.5) is 0 Å². The van der Waals surface area contributed by atoms with Crippen molar-refractivity contribution in [1.82, 2.24) is 14.7 Å². The minimum Gasteiger partial charge on any atom is -0.490 e. The lowest BCUT2D eigenvalue weighted by atomic mass is 10.0. The summed E-state index contributed by atoms with van der Waals surface area (Å²) in [6.07, 6.45) is 4.40. The zero-order chi connectivity index (χ0) is 20.6. The van der Waals surface area contributed by atoms with E-state index in [1.54, 1.807) is 0 Å². The Balaban J connectivity index is 1.61. The average Bonchev–Trinajstić information content (AvgIpc) is 2.76. The third-order valence-corrected chi connectivity index (χ3v) is 5.83. The molecule has 0 N–H and O–H groups in total. The Kier molecular flexibility index (Phi) is 8.19. The second-order valence-electron chi connectivity index (χ2n) is 8.24. The van der Waals surface area contributed by atoms with Crippen LogP contribution in [0.1, 0.15) is 49.9 Å². The number of hydrogen-bond donors (Lipinski definition) is 0. The number of likely N-dealkylation sites (tertiary alicyclic amines) is 1. The Morgan fingerprint density at radius 3 is 2.34 bits per heavy atom. The maximum absolute atomic E-state index is 13.1. The Morgan fingerprint density at radius 1 is 1.00 bits per heavy atom. The van der Waals surface area contributed by atoms with Gasteiger partial charge in [-0.05, 0) is 57.5 Å². The van der Waals surface area contributed by atoms with Gasteiger partial charge in [-0.1, -0.05) is 13.8 Å². The second-order valence-corrected chi connectivity index (χ2v) is 8.24. The lowest BCUT2D eigenvalue weighted by Crippen LogP contribution is -2.55. The Hall–Kier alpha value is -1.79. The largest absolute Gasteiger partial charge is 0.490 e. The number of benzene rings is 1. The first-order valence-electron chi connectivity index (χ1n) is 11.2. The molecule has 1 aromatic carbocycles. The highest BCUT2D eigenvalue weighted by Crippen LogP contribution is 2.29. The highest BCUT2D eigenvalue weighted by molar-refractivity contribution is 5.95. The molecule has 1 atom stereocenters. The second kappa shape index (κ2) is 10.8. The molecule has 1 amide bonds. The van der Waals surface area contributed by atoms with Crippen LogP contribution in [0.3, 0.4) is 0 Å². The van der Waals surface area contributed by atoms with E-state index in [9.17, 15) is 4.79 Å². The molecule has 2 heterocycles. The molecule has 2 aliphatic rings. The summed E-state index contributed by atoms with van der Waals surface area (Å²) in [7, 11) is 2.21. The summed E-state index contributed by atoms with van der Waals surface area (Å²) in [4.78, 5) is 20.1. The van der Waals surface area contributed by atoms with Gasteiger partial charge >= 0.3 is 0 Å². The molecule has 2 saturated heterocycles. The van der Waals surface area contributed by atoms with Gasteiger partial charge in [0.2, 0.25) is 0 Å². The van der Waals surface area contributed by atoms with Crippen molar-refractivity contribution in [1.29, 1.82) is 0 Å². The summed E-state index contributed by atoms with van der Waals surface area (Å²) in [5.74, 6) is 1.49. The molecule has 162 valence electrons. The highest BCUT2D eigenvalue weighted by atomic mass is 16.5. The van der Waals surface area contributed by atoms with E-state index >= 15 is 0 Å². The van der Waals surface area contributed by atoms with Crippen LogP contribution in [0, 0.1) is 0 Å². The number of carbonyl (C=O) groups is 1. The minimum absolute atomic E-state index is 0.0915. The predicted molar refractivity (Wildman–Crippen MR) is 116 cm³/mol. The van der Waals surface area contributed by atoms with E-state index in [-0.39, 0.29) is 5.91 Å². The van der Waals surface area contributed by atoms with Gasteiger partial charge in [0.05, 0.1) is 13.2 Å². The maximum atomic E-state index is 13.1. The first-order chi connectivity index (χ1) is 14.1. The topological polar surface area (TPSA) is 45.2 Å². The SMILES string of the molecule is CCCOc1ccc(C(=O)N2CCN(C3CCCN(C)C3)CC2)cc1OCCC. The lowest BCUT2D eigenvalue weighted by Gasteiger charge is -2.42. The third kappa shape index (κ3) is 5.86. The van der Waals surface area contributed by atoms with Gasteiger partial charge in [0, 0.05) is 44.3 Å². The molecule has 0 bridgehead atoms. The summed E-state index contributed by atoms with van der Waals surface area (Å²) in [6, 6.07) is 6.23. The Morgan fingerprint density at radius 2 is 1.69 bits per heavy atom. The van der Waals surface area contributed by atoms with Gasteiger partial charge in [-0.15, -0.1) is 0 Å². The zero-order valence-corrected chi connectivity index (χ0v) is 18.4. The normalized spacial score (nSPS) is 21.2. The molecule has 6 nitrogen and oxygen atoms in total. The van der Waals surface area contributed by atoms with E-state index in [0.29, 0.717) is 30.6 Å². The highest BCUT2D eigenvalue weighted by Gasteiger charge is 2.29. The molecule has 0 aliphatic carbocycles. The van der Waals surface area contributed by atoms with Gasteiger partial charge in [0.25, 0.3) is 5.91 Å². The van der Waals surface area contributed by atoms with Crippen molar-refractivity contribution in [2.45, 2.75) is 45.6 Å². The Bertz CT molecular complexity index is 659. The lowest BCUT2D eigenvalue weighted by molar-refractivity contribution is 0.0452. The van der Waals surface area contributed by atoms with E-state index in [4.69, 9.17) is 9.47 Å². The van der Waals surface area contributed by atoms with Crippen molar-refractivity contribution in [2.24, 2.45) is 0 Å². The van der Waals surface area contributed by atoms with Crippen LogP contribution in [0.25, 0.3) is 0 Å². The molecular weight excluding hydrogens is 366 g/mol. The molecule has 1 aromatic rings. The number of hydrogen-bond acceptors (Lipinski definition) is 5. The fraction of sp³-hybridized carbons (Fsp3) is 0.696. The minimum atomic E-state index is 0.0915. The van der Waals surface area contributed by atoms with Crippen LogP contribution >= 0.6 is 0 Å². The summed E-state index contributed by atoms with van der Waals surface area (Å²) in [5.41, 5.74) is 0.686. The summed E-state index contributed by atoms with van der Waals surface area (Å²) in [6.45, 7) is 11.3. The van der Waals surface area contributed by atoms with Crippen LogP contribution in [0.15, 0.2) is 18.2 Å². The molecular formula is C23H37N3O3. The van der Waals surface area contributed by atoms with Crippen molar-refractivity contribution >= 4 is 5.91 Å². The van der Waals surface area contributed by atoms with Crippen molar-refractivity contribution in [3.8, 4) is 11.5 Å². The van der Waals surface area contributed by atoms with Crippen LogP contribution in [0.2, 0.25) is 0 Å². The monoisotopic (exact) mass is 403 g/mol. The molecule has 0 radical (unpaired) electrons. The third-order valence-electron chi connectivity index (χ3n) is 5.83. The van der Waals surface area contributed by atoms with E-state index in [1.165, 1.54) is 19.4 Å². The summed E-state index contributed by atoms with van der Waals surface area (Å²) in [5, 5.41) is 0. The molecule has 0 aromatic heterocycles. The number of likely N-dealkylation sites (N-methyl/N-ethyl adjacent to an activating group) is 1. The zero-order valence-electron chi connectivity index (χ0n) is 18.4. The van der Waals surface area contributed by atoms with Gasteiger partial charge in [-0.25, -0.2) is 0 Å². The number of piperidine rings is 1. The van der Waals surface area contributed by atoms with Crippen molar-refractivity contribution in [2.75, 3.05) is 59.5 Å². The van der Waals surface area contributed by atoms with Crippen LogP contribution in [-0.2, 0) is 0 Å². The van der Waals surface area contributed by atoms with Gasteiger partial charge in [-0.2, -0.15) is 0 Å². The maximum Gasteiger partial charge on any atom is 0.254 e. The van der Waals surface area contributed by atoms with E-state index < -0.39 is 0 Å². The molecule has 3 rings (SSSR count). The Labute approximate surface area is 175 Å². The number of nitrogens with zero attached hydrogens (tertiary/aromatic N) is 3. The van der Waals surface area contributed by atoms with Crippen LogP contribution in [-0.4, -0.2) is 86.2 Å². The summed E-state index contributed by atoms with van der Waals surface area (Å²) >= 11 is 0. The fourth-order valence-corrected chi connectivity index (χ4v) is 4.21. The molecule has 0 saturated carbocycles. The quantitative estimate of drug-likeness (QED) is 0.667. The molecule has 2 aliphatic heterocycles. The number of ether oxygens (including phenoxy) is 2. The first-order valence-corrected chi connectivity index (χ1v) is 11.2. The molecule has 0 spiro atoms. The van der Waals surface area contributed by atoms with Crippen LogP contribution in [0.5, 0.6) is 11.5 Å². The molecule has 1 unspecified atom stereocenters. The van der Waals surface area contributed by atoms with Gasteiger partial charge in [0.1, 0.15) is 0 Å². The number of carbonyl (C=O) groups excluding carboxylic acids is 1. The number of amides is 1. The van der Waals surface area contributed by atoms with Crippen molar-refractivity contribution < 1.29 is 14.3 Å². The summed E-state index contributed by atoms with van der Waals surface area (Å²) < 4.78 is 11.7. The number of rotatable bonds is 8. The van der Waals surface area contributed by atoms with Crippen molar-refractivity contribution in [3.63, 3.8) is 0 Å². The average molecular weight is 404 g/mol. The van der Waals surface area contributed by atoms with E-state index in [2.05, 4.69) is 30.7 Å². The van der Waals surface area contributed by atoms with Gasteiger partial charge in [0.15, 0.2) is 11.5 Å². The van der Waals surface area contributed by atoms with Gasteiger partial charge < -0.3 is 19.3 Å². The van der Waals surface area contributed by atoms with Crippen molar-refractivity contribution in [3.05, 3.63) is 23.8 Å². The molecule has 2 fully saturated rings. The smallest absolute Gasteiger partial charge is 0.254 e.